The van der Waals surface area contributed by atoms with Crippen LogP contribution < -0.4 is 10.2 Å². The summed E-state index contributed by atoms with van der Waals surface area (Å²) in [5, 5.41) is 3.22. The Labute approximate surface area is 96.5 Å². The van der Waals surface area contributed by atoms with Crippen molar-refractivity contribution in [3.05, 3.63) is 24.3 Å². The number of carbonyl (C=O) groups is 1. The molecule has 2 rings (SSSR count). The average Bonchev–Trinajstić information content (AvgIpc) is 2.30. The number of unbranched alkanes of at least 4 members (excludes halogenated alkanes) is 1. The maximum Gasteiger partial charge on any atom is 0.249 e. The lowest BCUT2D eigenvalue weighted by Crippen LogP contribution is -2.46. The van der Waals surface area contributed by atoms with Gasteiger partial charge in [0.05, 0.1) is 11.4 Å². The Hall–Kier alpha value is -1.51. The zero-order valence-electron chi connectivity index (χ0n) is 9.86. The fourth-order valence-electron chi connectivity index (χ4n) is 2.03. The van der Waals surface area contributed by atoms with E-state index in [-0.39, 0.29) is 11.9 Å². The summed E-state index contributed by atoms with van der Waals surface area (Å²) in [6, 6.07) is 7.88. The second-order valence-corrected chi connectivity index (χ2v) is 4.23. The van der Waals surface area contributed by atoms with E-state index in [1.165, 1.54) is 0 Å². The van der Waals surface area contributed by atoms with Crippen molar-refractivity contribution in [2.75, 3.05) is 16.8 Å². The quantitative estimate of drug-likeness (QED) is 0.845. The van der Waals surface area contributed by atoms with Gasteiger partial charge in [0.15, 0.2) is 0 Å². The molecule has 1 heterocycles. The first-order valence-electron chi connectivity index (χ1n) is 5.91. The summed E-state index contributed by atoms with van der Waals surface area (Å²) >= 11 is 0. The van der Waals surface area contributed by atoms with Crippen LogP contribution in [-0.4, -0.2) is 18.5 Å². The third-order valence-electron chi connectivity index (χ3n) is 2.94. The highest BCUT2D eigenvalue weighted by atomic mass is 16.2. The van der Waals surface area contributed by atoms with Gasteiger partial charge in [-0.1, -0.05) is 25.5 Å². The Morgan fingerprint density at radius 3 is 2.88 bits per heavy atom. The number of rotatable bonds is 3. The van der Waals surface area contributed by atoms with E-state index < -0.39 is 0 Å². The number of para-hydroxylation sites is 2. The number of hydrogen-bond acceptors (Lipinski definition) is 2. The van der Waals surface area contributed by atoms with Gasteiger partial charge in [0, 0.05) is 6.54 Å². The summed E-state index contributed by atoms with van der Waals surface area (Å²) in [5.41, 5.74) is 2.07. The molecule has 1 aromatic carbocycles. The van der Waals surface area contributed by atoms with Crippen molar-refractivity contribution in [2.24, 2.45) is 0 Å². The van der Waals surface area contributed by atoms with Crippen LogP contribution in [0.2, 0.25) is 0 Å². The SMILES string of the molecule is CCCCN1C(=O)C(C)Nc2ccccc21. The number of benzene rings is 1. The van der Waals surface area contributed by atoms with Crippen LogP contribution in [0.1, 0.15) is 26.7 Å². The van der Waals surface area contributed by atoms with Crippen LogP contribution in [0.15, 0.2) is 24.3 Å². The number of amides is 1. The van der Waals surface area contributed by atoms with E-state index in [1.807, 2.05) is 36.1 Å². The molecule has 1 atom stereocenters. The maximum absolute atomic E-state index is 12.1. The van der Waals surface area contributed by atoms with E-state index in [4.69, 9.17) is 0 Å². The summed E-state index contributed by atoms with van der Waals surface area (Å²) in [6.45, 7) is 4.87. The molecule has 0 bridgehead atoms. The van der Waals surface area contributed by atoms with Gasteiger partial charge in [-0.05, 0) is 25.5 Å². The molecule has 16 heavy (non-hydrogen) atoms. The molecule has 0 radical (unpaired) electrons. The van der Waals surface area contributed by atoms with Crippen LogP contribution in [0.3, 0.4) is 0 Å². The second-order valence-electron chi connectivity index (χ2n) is 4.23. The Morgan fingerprint density at radius 2 is 2.12 bits per heavy atom. The van der Waals surface area contributed by atoms with Crippen LogP contribution in [0.5, 0.6) is 0 Å². The van der Waals surface area contributed by atoms with E-state index >= 15 is 0 Å². The summed E-state index contributed by atoms with van der Waals surface area (Å²) in [7, 11) is 0. The van der Waals surface area contributed by atoms with Gasteiger partial charge >= 0.3 is 0 Å². The van der Waals surface area contributed by atoms with E-state index in [1.54, 1.807) is 0 Å². The van der Waals surface area contributed by atoms with Gasteiger partial charge in [0.25, 0.3) is 0 Å². The highest BCUT2D eigenvalue weighted by molar-refractivity contribution is 6.04. The number of nitrogens with one attached hydrogen (secondary N) is 1. The van der Waals surface area contributed by atoms with E-state index in [0.717, 1.165) is 30.8 Å². The summed E-state index contributed by atoms with van der Waals surface area (Å²) in [5.74, 6) is 0.173. The first-order valence-corrected chi connectivity index (χ1v) is 5.91. The molecule has 1 aromatic rings. The molecule has 0 fully saturated rings. The molecule has 0 saturated heterocycles. The van der Waals surface area contributed by atoms with E-state index in [2.05, 4.69) is 12.2 Å². The number of nitrogens with zero attached hydrogens (tertiary/aromatic N) is 1. The molecule has 1 aliphatic rings. The van der Waals surface area contributed by atoms with Crippen LogP contribution in [0.4, 0.5) is 11.4 Å². The minimum Gasteiger partial charge on any atom is -0.372 e. The molecule has 0 aliphatic carbocycles. The third kappa shape index (κ3) is 1.90. The number of fused-ring (bicyclic) bond motifs is 1. The monoisotopic (exact) mass is 218 g/mol. The number of anilines is 2. The molecule has 86 valence electrons. The van der Waals surface area contributed by atoms with Crippen molar-refractivity contribution in [3.8, 4) is 0 Å². The molecule has 0 aromatic heterocycles. The minimum absolute atomic E-state index is 0.119. The van der Waals surface area contributed by atoms with E-state index in [0.29, 0.717) is 0 Å². The third-order valence-corrected chi connectivity index (χ3v) is 2.94. The maximum atomic E-state index is 12.1. The lowest BCUT2D eigenvalue weighted by atomic mass is 10.1. The van der Waals surface area contributed by atoms with Gasteiger partial charge in [-0.25, -0.2) is 0 Å². The highest BCUT2D eigenvalue weighted by Gasteiger charge is 2.28. The molecule has 1 amide bonds. The predicted octanol–water partition coefficient (Wildman–Crippen LogP) is 2.63. The largest absolute Gasteiger partial charge is 0.372 e. The topological polar surface area (TPSA) is 32.3 Å². The lowest BCUT2D eigenvalue weighted by molar-refractivity contribution is -0.119. The van der Waals surface area contributed by atoms with Gasteiger partial charge in [-0.15, -0.1) is 0 Å². The van der Waals surface area contributed by atoms with Crippen molar-refractivity contribution in [3.63, 3.8) is 0 Å². The number of carbonyl (C=O) groups excluding carboxylic acids is 1. The fourth-order valence-corrected chi connectivity index (χ4v) is 2.03. The van der Waals surface area contributed by atoms with Crippen LogP contribution in [-0.2, 0) is 4.79 Å². The highest BCUT2D eigenvalue weighted by Crippen LogP contribution is 2.31. The van der Waals surface area contributed by atoms with Crippen molar-refractivity contribution >= 4 is 17.3 Å². The van der Waals surface area contributed by atoms with Gasteiger partial charge in [0.1, 0.15) is 6.04 Å². The van der Waals surface area contributed by atoms with E-state index in [9.17, 15) is 4.79 Å². The molecule has 3 heteroatoms. The average molecular weight is 218 g/mol. The Morgan fingerprint density at radius 1 is 1.38 bits per heavy atom. The Kier molecular flexibility index (Phi) is 3.13. The molecule has 0 spiro atoms. The van der Waals surface area contributed by atoms with Gasteiger partial charge in [-0.2, -0.15) is 0 Å². The zero-order valence-corrected chi connectivity index (χ0v) is 9.86. The van der Waals surface area contributed by atoms with Gasteiger partial charge in [0.2, 0.25) is 5.91 Å². The van der Waals surface area contributed by atoms with Crippen LogP contribution >= 0.6 is 0 Å². The molecular formula is C13H18N2O. The Bertz CT molecular complexity index is 389. The smallest absolute Gasteiger partial charge is 0.249 e. The lowest BCUT2D eigenvalue weighted by Gasteiger charge is -2.33. The first-order chi connectivity index (χ1) is 7.74. The fraction of sp³-hybridized carbons (Fsp3) is 0.462. The standard InChI is InChI=1S/C13H18N2O/c1-3-4-9-15-12-8-6-5-7-11(12)14-10(2)13(15)16/h5-8,10,14H,3-4,9H2,1-2H3. The summed E-state index contributed by atoms with van der Waals surface area (Å²) in [4.78, 5) is 14.0. The first kappa shape index (κ1) is 11.0. The van der Waals surface area contributed by atoms with Crippen molar-refractivity contribution in [1.82, 2.24) is 0 Å². The van der Waals surface area contributed by atoms with Crippen LogP contribution in [0.25, 0.3) is 0 Å². The van der Waals surface area contributed by atoms with Gasteiger partial charge in [-0.3, -0.25) is 4.79 Å². The molecule has 3 nitrogen and oxygen atoms in total. The van der Waals surface area contributed by atoms with Crippen LogP contribution in [0, 0.1) is 0 Å². The normalized spacial score (nSPS) is 19.2. The van der Waals surface area contributed by atoms with Gasteiger partial charge < -0.3 is 10.2 Å². The Balaban J connectivity index is 2.30. The summed E-state index contributed by atoms with van der Waals surface area (Å²) < 4.78 is 0. The summed E-state index contributed by atoms with van der Waals surface area (Å²) in [6.07, 6.45) is 2.15. The molecule has 0 saturated carbocycles. The molecule has 1 aliphatic heterocycles. The molecule has 1 unspecified atom stereocenters. The van der Waals surface area contributed by atoms with Crippen molar-refractivity contribution < 1.29 is 4.79 Å². The van der Waals surface area contributed by atoms with Crippen molar-refractivity contribution in [1.29, 1.82) is 0 Å². The molecule has 1 N–H and O–H groups in total. The second kappa shape index (κ2) is 4.56. The molecular weight excluding hydrogens is 200 g/mol. The predicted molar refractivity (Wildman–Crippen MR) is 66.8 cm³/mol. The zero-order chi connectivity index (χ0) is 11.5. The van der Waals surface area contributed by atoms with Crippen molar-refractivity contribution in [2.45, 2.75) is 32.7 Å². The number of hydrogen-bond donors (Lipinski definition) is 1. The minimum atomic E-state index is -0.119.